The van der Waals surface area contributed by atoms with Crippen LogP contribution in [0.15, 0.2) is 30.9 Å². The molecule has 0 bridgehead atoms. The van der Waals surface area contributed by atoms with Crippen LogP contribution in [0.3, 0.4) is 0 Å². The molecule has 0 fully saturated rings. The maximum absolute atomic E-state index is 11.7. The average Bonchev–Trinajstić information content (AvgIpc) is 2.52. The van der Waals surface area contributed by atoms with Crippen molar-refractivity contribution in [2.24, 2.45) is 0 Å². The fourth-order valence-electron chi connectivity index (χ4n) is 1.75. The van der Waals surface area contributed by atoms with Crippen molar-refractivity contribution in [1.29, 1.82) is 0 Å². The Hall–Kier alpha value is -1.61. The lowest BCUT2D eigenvalue weighted by Crippen LogP contribution is -2.30. The number of halogens is 1. The summed E-state index contributed by atoms with van der Waals surface area (Å²) in [5.41, 5.74) is 0.919. The number of benzene rings is 1. The Morgan fingerprint density at radius 1 is 1.38 bits per heavy atom. The van der Waals surface area contributed by atoms with Crippen molar-refractivity contribution in [3.8, 4) is 0 Å². The molecule has 4 heteroatoms. The number of rotatable bonds is 3. The van der Waals surface area contributed by atoms with Crippen molar-refractivity contribution >= 4 is 29.0 Å². The minimum atomic E-state index is -0.509. The summed E-state index contributed by atoms with van der Waals surface area (Å²) in [4.78, 5) is 24.8. The Labute approximate surface area is 98.3 Å². The largest absolute Gasteiger partial charge is 0.303 e. The van der Waals surface area contributed by atoms with Crippen LogP contribution in [0.4, 0.5) is 5.69 Å². The van der Waals surface area contributed by atoms with Crippen molar-refractivity contribution < 1.29 is 9.59 Å². The van der Waals surface area contributed by atoms with Crippen LogP contribution in [0, 0.1) is 0 Å². The van der Waals surface area contributed by atoms with E-state index < -0.39 is 11.7 Å². The van der Waals surface area contributed by atoms with Crippen LogP contribution in [-0.4, -0.2) is 18.2 Å². The van der Waals surface area contributed by atoms with E-state index in [4.69, 9.17) is 11.6 Å². The number of carbonyl (C=O) groups excluding carboxylic acids is 2. The van der Waals surface area contributed by atoms with Crippen LogP contribution in [0.5, 0.6) is 0 Å². The number of para-hydroxylation sites is 1. The van der Waals surface area contributed by atoms with Crippen LogP contribution in [0.2, 0.25) is 5.02 Å². The summed E-state index contributed by atoms with van der Waals surface area (Å²) in [6.07, 6.45) is 2.33. The minimum absolute atomic E-state index is 0.390. The topological polar surface area (TPSA) is 37.4 Å². The molecule has 1 aliphatic heterocycles. The Morgan fingerprint density at radius 3 is 2.81 bits per heavy atom. The molecule has 16 heavy (non-hydrogen) atoms. The average molecular weight is 236 g/mol. The number of Topliss-reactive ketones (excluding diaryl/α,β-unsaturated/α-hetero) is 1. The van der Waals surface area contributed by atoms with Crippen molar-refractivity contribution in [2.75, 3.05) is 11.4 Å². The number of carbonyl (C=O) groups is 2. The van der Waals surface area contributed by atoms with Crippen molar-refractivity contribution in [1.82, 2.24) is 0 Å². The summed E-state index contributed by atoms with van der Waals surface area (Å²) >= 11 is 6.00. The molecule has 1 heterocycles. The molecule has 0 unspecified atom stereocenters. The lowest BCUT2D eigenvalue weighted by Gasteiger charge is -2.16. The standard InChI is InChI=1S/C12H10ClNO2/c1-2-3-7-14-10-8(11(15)12(14)16)5-4-6-9(10)13/h2,4-6H,1,3,7H2. The number of hydrogen-bond donors (Lipinski definition) is 0. The number of hydrogen-bond acceptors (Lipinski definition) is 2. The molecule has 0 saturated carbocycles. The van der Waals surface area contributed by atoms with Gasteiger partial charge in [-0.05, 0) is 18.6 Å². The van der Waals surface area contributed by atoms with Gasteiger partial charge in [-0.25, -0.2) is 0 Å². The molecule has 0 aliphatic carbocycles. The molecule has 1 aromatic carbocycles. The second kappa shape index (κ2) is 4.10. The highest BCUT2D eigenvalue weighted by Gasteiger charge is 2.36. The first kappa shape index (κ1) is 10.9. The summed E-state index contributed by atoms with van der Waals surface area (Å²) in [5.74, 6) is -0.994. The van der Waals surface area contributed by atoms with Crippen LogP contribution in [0.1, 0.15) is 16.8 Å². The van der Waals surface area contributed by atoms with Gasteiger partial charge in [0, 0.05) is 6.54 Å². The maximum atomic E-state index is 11.7. The summed E-state index contributed by atoms with van der Waals surface area (Å²) in [6.45, 7) is 4.02. The minimum Gasteiger partial charge on any atom is -0.303 e. The zero-order valence-electron chi connectivity index (χ0n) is 8.57. The predicted octanol–water partition coefficient (Wildman–Crippen LogP) is 2.45. The Balaban J connectivity index is 2.47. The van der Waals surface area contributed by atoms with Gasteiger partial charge in [-0.1, -0.05) is 23.7 Å². The van der Waals surface area contributed by atoms with Gasteiger partial charge in [0.2, 0.25) is 0 Å². The first-order valence-corrected chi connectivity index (χ1v) is 5.30. The van der Waals surface area contributed by atoms with E-state index in [1.54, 1.807) is 24.3 Å². The summed E-state index contributed by atoms with van der Waals surface area (Å²) in [7, 11) is 0. The van der Waals surface area contributed by atoms with Gasteiger partial charge < -0.3 is 4.90 Å². The molecule has 1 amide bonds. The van der Waals surface area contributed by atoms with Gasteiger partial charge in [0.15, 0.2) is 0 Å². The molecular formula is C12H10ClNO2. The number of nitrogens with zero attached hydrogens (tertiary/aromatic N) is 1. The second-order valence-electron chi connectivity index (χ2n) is 3.50. The van der Waals surface area contributed by atoms with Crippen LogP contribution in [0.25, 0.3) is 0 Å². The SMILES string of the molecule is C=CCCN1C(=O)C(=O)c2cccc(Cl)c21. The smallest absolute Gasteiger partial charge is 0.299 e. The molecular weight excluding hydrogens is 226 g/mol. The molecule has 0 spiro atoms. The van der Waals surface area contributed by atoms with E-state index in [9.17, 15) is 9.59 Å². The summed E-state index contributed by atoms with van der Waals surface area (Å²) < 4.78 is 0. The lowest BCUT2D eigenvalue weighted by molar-refractivity contribution is -0.114. The zero-order valence-corrected chi connectivity index (χ0v) is 9.33. The molecule has 0 N–H and O–H groups in total. The van der Waals surface area contributed by atoms with E-state index in [2.05, 4.69) is 6.58 Å². The highest BCUT2D eigenvalue weighted by molar-refractivity contribution is 6.54. The predicted molar refractivity (Wildman–Crippen MR) is 62.9 cm³/mol. The third kappa shape index (κ3) is 1.53. The molecule has 0 atom stereocenters. The molecule has 3 nitrogen and oxygen atoms in total. The molecule has 0 radical (unpaired) electrons. The quantitative estimate of drug-likeness (QED) is 0.596. The number of anilines is 1. The Morgan fingerprint density at radius 2 is 2.12 bits per heavy atom. The first-order chi connectivity index (χ1) is 7.66. The highest BCUT2D eigenvalue weighted by atomic mass is 35.5. The van der Waals surface area contributed by atoms with E-state index in [-0.39, 0.29) is 0 Å². The van der Waals surface area contributed by atoms with Crippen molar-refractivity contribution in [2.45, 2.75) is 6.42 Å². The summed E-state index contributed by atoms with van der Waals surface area (Å²) in [5, 5.41) is 0.431. The van der Waals surface area contributed by atoms with Crippen LogP contribution >= 0.6 is 11.6 Å². The van der Waals surface area contributed by atoms with E-state index in [1.165, 1.54) is 4.90 Å². The van der Waals surface area contributed by atoms with Gasteiger partial charge in [0.1, 0.15) is 0 Å². The maximum Gasteiger partial charge on any atom is 0.299 e. The van der Waals surface area contributed by atoms with Gasteiger partial charge in [0.25, 0.3) is 11.7 Å². The first-order valence-electron chi connectivity index (χ1n) is 4.92. The third-order valence-corrected chi connectivity index (χ3v) is 2.80. The fraction of sp³-hybridized carbons (Fsp3) is 0.167. The second-order valence-corrected chi connectivity index (χ2v) is 3.91. The highest BCUT2D eigenvalue weighted by Crippen LogP contribution is 2.35. The third-order valence-electron chi connectivity index (χ3n) is 2.50. The number of ketones is 1. The Kier molecular flexibility index (Phi) is 2.79. The molecule has 0 saturated heterocycles. The Bertz CT molecular complexity index is 482. The van der Waals surface area contributed by atoms with Gasteiger partial charge in [0.05, 0.1) is 16.3 Å². The molecule has 82 valence electrons. The van der Waals surface area contributed by atoms with Gasteiger partial charge in [-0.2, -0.15) is 0 Å². The van der Waals surface area contributed by atoms with E-state index in [1.807, 2.05) is 0 Å². The molecule has 2 rings (SSSR count). The van der Waals surface area contributed by atoms with Crippen molar-refractivity contribution in [3.05, 3.63) is 41.4 Å². The molecule has 1 aliphatic rings. The van der Waals surface area contributed by atoms with Gasteiger partial charge >= 0.3 is 0 Å². The fourth-order valence-corrected chi connectivity index (χ4v) is 2.02. The van der Waals surface area contributed by atoms with Crippen LogP contribution < -0.4 is 4.90 Å². The molecule has 0 aromatic heterocycles. The van der Waals surface area contributed by atoms with Gasteiger partial charge in [-0.3, -0.25) is 9.59 Å². The zero-order chi connectivity index (χ0) is 11.7. The van der Waals surface area contributed by atoms with Crippen molar-refractivity contribution in [3.63, 3.8) is 0 Å². The number of fused-ring (bicyclic) bond motifs is 1. The monoisotopic (exact) mass is 235 g/mol. The van der Waals surface area contributed by atoms with E-state index in [0.29, 0.717) is 29.2 Å². The van der Waals surface area contributed by atoms with E-state index >= 15 is 0 Å². The summed E-state index contributed by atoms with van der Waals surface area (Å²) in [6, 6.07) is 4.96. The van der Waals surface area contributed by atoms with E-state index in [0.717, 1.165) is 0 Å². The van der Waals surface area contributed by atoms with Gasteiger partial charge in [-0.15, -0.1) is 6.58 Å². The lowest BCUT2D eigenvalue weighted by atomic mass is 10.1. The van der Waals surface area contributed by atoms with Crippen LogP contribution in [-0.2, 0) is 4.79 Å². The number of amides is 1. The molecule has 1 aromatic rings. The normalized spacial score (nSPS) is 14.2.